The maximum Gasteiger partial charge on any atom is 0.115 e. The summed E-state index contributed by atoms with van der Waals surface area (Å²) in [6, 6.07) is 14.4. The average molecular weight is 259 g/mol. The third kappa shape index (κ3) is 3.48. The molecule has 2 aromatic carbocycles. The van der Waals surface area contributed by atoms with Crippen molar-refractivity contribution in [2.45, 2.75) is 19.3 Å². The van der Waals surface area contributed by atoms with E-state index in [4.69, 9.17) is 0 Å². The van der Waals surface area contributed by atoms with Crippen LogP contribution >= 0.6 is 0 Å². The van der Waals surface area contributed by atoms with Gasteiger partial charge in [-0.25, -0.2) is 0 Å². The fourth-order valence-electron chi connectivity index (χ4n) is 1.92. The minimum Gasteiger partial charge on any atom is -0.508 e. The molecule has 0 unspecified atom stereocenters. The van der Waals surface area contributed by atoms with Crippen LogP contribution in [0.2, 0.25) is 0 Å². The lowest BCUT2D eigenvalue weighted by atomic mass is 9.78. The van der Waals surface area contributed by atoms with Crippen LogP contribution in [0.25, 0.3) is 0 Å². The first-order valence-corrected chi connectivity index (χ1v) is 6.17. The van der Waals surface area contributed by atoms with Crippen LogP contribution in [0, 0.1) is 0 Å². The normalized spacial score (nSPS) is 10.5. The number of nitrogens with two attached hydrogens (primary N) is 1. The maximum absolute atomic E-state index is 9.30. The van der Waals surface area contributed by atoms with E-state index in [1.807, 2.05) is 24.3 Å². The first-order chi connectivity index (χ1) is 9.00. The van der Waals surface area contributed by atoms with Gasteiger partial charge in [0.15, 0.2) is 0 Å². The number of benzene rings is 2. The number of hydrogen-bond donors (Lipinski definition) is 3. The number of rotatable bonds is 2. The monoisotopic (exact) mass is 259 g/mol. The van der Waals surface area contributed by atoms with Crippen molar-refractivity contribution in [3.63, 3.8) is 0 Å². The Bertz CT molecular complexity index is 454. The van der Waals surface area contributed by atoms with E-state index in [0.29, 0.717) is 0 Å². The third-order valence-electron chi connectivity index (χ3n) is 3.18. The summed E-state index contributed by atoms with van der Waals surface area (Å²) in [5.41, 5.74) is 6.60. The molecule has 102 valence electrons. The molecule has 0 spiro atoms. The summed E-state index contributed by atoms with van der Waals surface area (Å²) in [4.78, 5) is 0. The molecule has 0 heterocycles. The van der Waals surface area contributed by atoms with Gasteiger partial charge in [0.25, 0.3) is 0 Å². The van der Waals surface area contributed by atoms with Crippen molar-refractivity contribution in [3.8, 4) is 11.5 Å². The number of phenolic OH excluding ortho intramolecular Hbond substituents is 2. The largest absolute Gasteiger partial charge is 0.508 e. The van der Waals surface area contributed by atoms with E-state index in [9.17, 15) is 10.2 Å². The molecule has 19 heavy (non-hydrogen) atoms. The molecule has 0 bridgehead atoms. The molecule has 2 aromatic rings. The van der Waals surface area contributed by atoms with Crippen molar-refractivity contribution < 1.29 is 10.2 Å². The van der Waals surface area contributed by atoms with Crippen LogP contribution in [0.3, 0.4) is 0 Å². The highest BCUT2D eigenvalue weighted by Crippen LogP contribution is 2.32. The smallest absolute Gasteiger partial charge is 0.115 e. The van der Waals surface area contributed by atoms with E-state index in [2.05, 4.69) is 19.6 Å². The van der Waals surface area contributed by atoms with Crippen LogP contribution in [0.5, 0.6) is 11.5 Å². The topological polar surface area (TPSA) is 66.5 Å². The van der Waals surface area contributed by atoms with Crippen molar-refractivity contribution in [2.24, 2.45) is 5.73 Å². The predicted octanol–water partition coefficient (Wildman–Crippen LogP) is 3.00. The summed E-state index contributed by atoms with van der Waals surface area (Å²) in [5.74, 6) is 0.547. The first-order valence-electron chi connectivity index (χ1n) is 6.17. The van der Waals surface area contributed by atoms with E-state index in [1.54, 1.807) is 24.3 Å². The zero-order valence-corrected chi connectivity index (χ0v) is 11.6. The lowest BCUT2D eigenvalue weighted by molar-refractivity contribution is 0.474. The minimum absolute atomic E-state index is 0.151. The van der Waals surface area contributed by atoms with E-state index < -0.39 is 0 Å². The molecule has 0 aliphatic rings. The number of aromatic hydroxyl groups is 2. The Hall–Kier alpha value is -2.00. The van der Waals surface area contributed by atoms with Gasteiger partial charge >= 0.3 is 0 Å². The van der Waals surface area contributed by atoms with Crippen molar-refractivity contribution >= 4 is 0 Å². The van der Waals surface area contributed by atoms with Crippen LogP contribution < -0.4 is 5.73 Å². The summed E-state index contributed by atoms with van der Waals surface area (Å²) in [7, 11) is 1.50. The molecular weight excluding hydrogens is 238 g/mol. The third-order valence-corrected chi connectivity index (χ3v) is 3.18. The molecule has 0 aliphatic carbocycles. The molecule has 0 saturated carbocycles. The van der Waals surface area contributed by atoms with Gasteiger partial charge in [-0.2, -0.15) is 0 Å². The van der Waals surface area contributed by atoms with Gasteiger partial charge in [0, 0.05) is 5.41 Å². The molecular formula is C16H21NO2. The predicted molar refractivity (Wildman–Crippen MR) is 78.5 cm³/mol. The van der Waals surface area contributed by atoms with Crippen LogP contribution in [-0.4, -0.2) is 17.3 Å². The Kier molecular flexibility index (Phi) is 4.95. The molecule has 0 atom stereocenters. The van der Waals surface area contributed by atoms with Crippen LogP contribution in [0.4, 0.5) is 0 Å². The Morgan fingerprint density at radius 2 is 0.947 bits per heavy atom. The summed E-state index contributed by atoms with van der Waals surface area (Å²) >= 11 is 0. The molecule has 2 rings (SSSR count). The van der Waals surface area contributed by atoms with E-state index in [1.165, 1.54) is 7.05 Å². The fourth-order valence-corrected chi connectivity index (χ4v) is 1.92. The number of phenols is 2. The van der Waals surface area contributed by atoms with E-state index in [0.717, 1.165) is 11.1 Å². The van der Waals surface area contributed by atoms with Crippen molar-refractivity contribution in [1.82, 2.24) is 0 Å². The Labute approximate surface area is 114 Å². The van der Waals surface area contributed by atoms with Gasteiger partial charge in [-0.3, -0.25) is 0 Å². The molecule has 0 aliphatic heterocycles. The zero-order chi connectivity index (χ0) is 14.5. The highest BCUT2D eigenvalue weighted by molar-refractivity contribution is 5.41. The summed E-state index contributed by atoms with van der Waals surface area (Å²) in [6.07, 6.45) is 0. The fraction of sp³-hybridized carbons (Fsp3) is 0.250. The molecule has 0 radical (unpaired) electrons. The highest BCUT2D eigenvalue weighted by atomic mass is 16.3. The molecule has 0 aromatic heterocycles. The minimum atomic E-state index is -0.151. The highest BCUT2D eigenvalue weighted by Gasteiger charge is 2.22. The van der Waals surface area contributed by atoms with Crippen LogP contribution in [0.1, 0.15) is 25.0 Å². The van der Waals surface area contributed by atoms with Crippen molar-refractivity contribution in [1.29, 1.82) is 0 Å². The van der Waals surface area contributed by atoms with Crippen molar-refractivity contribution in [3.05, 3.63) is 59.7 Å². The standard InChI is InChI=1S/C15H16O2.CH5N/c1-15(2,11-3-7-13(16)8-4-11)12-5-9-14(17)10-6-12;1-2/h3-10,16-17H,1-2H3;2H2,1H3. The molecule has 4 N–H and O–H groups in total. The van der Waals surface area contributed by atoms with Gasteiger partial charge in [0.2, 0.25) is 0 Å². The Balaban J connectivity index is 0.000000861. The Morgan fingerprint density at radius 3 is 1.21 bits per heavy atom. The Morgan fingerprint density at radius 1 is 0.684 bits per heavy atom. The SMILES string of the molecule is CC(C)(c1ccc(O)cc1)c1ccc(O)cc1.CN. The van der Waals surface area contributed by atoms with Gasteiger partial charge in [-0.05, 0) is 42.4 Å². The maximum atomic E-state index is 9.30. The zero-order valence-electron chi connectivity index (χ0n) is 11.6. The summed E-state index contributed by atoms with van der Waals surface area (Å²) in [5, 5.41) is 18.6. The van der Waals surface area contributed by atoms with Crippen molar-refractivity contribution in [2.75, 3.05) is 7.05 Å². The lowest BCUT2D eigenvalue weighted by Crippen LogP contribution is -2.18. The molecule has 0 saturated heterocycles. The summed E-state index contributed by atoms with van der Waals surface area (Å²) in [6.45, 7) is 4.23. The molecule has 3 heteroatoms. The van der Waals surface area contributed by atoms with Crippen LogP contribution in [0.15, 0.2) is 48.5 Å². The summed E-state index contributed by atoms with van der Waals surface area (Å²) < 4.78 is 0. The van der Waals surface area contributed by atoms with Gasteiger partial charge in [0.1, 0.15) is 11.5 Å². The average Bonchev–Trinajstić information content (AvgIpc) is 2.42. The quantitative estimate of drug-likeness (QED) is 0.776. The molecule has 3 nitrogen and oxygen atoms in total. The van der Waals surface area contributed by atoms with Gasteiger partial charge in [0.05, 0.1) is 0 Å². The first kappa shape index (κ1) is 15.1. The second kappa shape index (κ2) is 6.25. The van der Waals surface area contributed by atoms with E-state index >= 15 is 0 Å². The molecule has 0 fully saturated rings. The lowest BCUT2D eigenvalue weighted by Gasteiger charge is -2.26. The second-order valence-corrected chi connectivity index (χ2v) is 4.72. The van der Waals surface area contributed by atoms with Gasteiger partial charge in [-0.1, -0.05) is 38.1 Å². The van der Waals surface area contributed by atoms with E-state index in [-0.39, 0.29) is 16.9 Å². The van der Waals surface area contributed by atoms with Gasteiger partial charge < -0.3 is 15.9 Å². The molecule has 0 amide bonds. The van der Waals surface area contributed by atoms with Gasteiger partial charge in [-0.15, -0.1) is 0 Å². The number of hydrogen-bond acceptors (Lipinski definition) is 3. The van der Waals surface area contributed by atoms with Crippen LogP contribution in [-0.2, 0) is 5.41 Å². The second-order valence-electron chi connectivity index (χ2n) is 4.72.